The molecule has 3 heterocycles. The van der Waals surface area contributed by atoms with Gasteiger partial charge in [-0.2, -0.15) is 9.97 Å². The first-order chi connectivity index (χ1) is 18.0. The van der Waals surface area contributed by atoms with Crippen LogP contribution in [0.15, 0.2) is 47.3 Å². The van der Waals surface area contributed by atoms with E-state index in [2.05, 4.69) is 74.3 Å². The van der Waals surface area contributed by atoms with Crippen molar-refractivity contribution in [3.63, 3.8) is 0 Å². The lowest BCUT2D eigenvalue weighted by Crippen LogP contribution is -2.43. The summed E-state index contributed by atoms with van der Waals surface area (Å²) in [6.45, 7) is 6.62. The van der Waals surface area contributed by atoms with E-state index < -0.39 is 0 Å². The quantitative estimate of drug-likeness (QED) is 0.425. The molecule has 10 nitrogen and oxygen atoms in total. The Bertz CT molecular complexity index is 1350. The van der Waals surface area contributed by atoms with Crippen LogP contribution in [0.1, 0.15) is 17.5 Å². The highest BCUT2D eigenvalue weighted by atomic mass is 16.5. The number of nitrogens with two attached hydrogens (primary N) is 1. The van der Waals surface area contributed by atoms with E-state index in [-0.39, 0.29) is 23.4 Å². The molecule has 0 saturated carbocycles. The summed E-state index contributed by atoms with van der Waals surface area (Å²) < 4.78 is 12.1. The number of methoxy groups -OCH3 is 1. The molecular weight excluding hydrogens is 470 g/mol. The van der Waals surface area contributed by atoms with E-state index in [0.29, 0.717) is 30.9 Å². The molecule has 1 saturated heterocycles. The summed E-state index contributed by atoms with van der Waals surface area (Å²) in [5.41, 5.74) is 10.5. The maximum atomic E-state index is 12.7. The van der Waals surface area contributed by atoms with Crippen molar-refractivity contribution in [3.8, 4) is 6.01 Å². The van der Waals surface area contributed by atoms with Crippen molar-refractivity contribution in [3.05, 3.63) is 64.1 Å². The van der Waals surface area contributed by atoms with E-state index >= 15 is 0 Å². The highest BCUT2D eigenvalue weighted by molar-refractivity contribution is 5.82. The average Bonchev–Trinajstić information content (AvgIpc) is 3.22. The van der Waals surface area contributed by atoms with Crippen LogP contribution < -0.4 is 16.2 Å². The largest absolute Gasteiger partial charge is 0.461 e. The van der Waals surface area contributed by atoms with Crippen LogP contribution in [0.25, 0.3) is 16.7 Å². The Morgan fingerprint density at radius 3 is 2.76 bits per heavy atom. The number of rotatable bonds is 9. The molecule has 1 unspecified atom stereocenters. The van der Waals surface area contributed by atoms with Crippen molar-refractivity contribution in [2.45, 2.75) is 19.5 Å². The number of hydrogen-bond donors (Lipinski definition) is 2. The highest BCUT2D eigenvalue weighted by Gasteiger charge is 2.19. The number of imidazole rings is 1. The zero-order chi connectivity index (χ0) is 25.8. The van der Waals surface area contributed by atoms with Crippen LogP contribution in [0.5, 0.6) is 6.01 Å². The van der Waals surface area contributed by atoms with Gasteiger partial charge in [0.05, 0.1) is 6.61 Å². The predicted molar refractivity (Wildman–Crippen MR) is 144 cm³/mol. The van der Waals surface area contributed by atoms with Gasteiger partial charge in [0, 0.05) is 46.4 Å². The van der Waals surface area contributed by atoms with Crippen LogP contribution in [0.2, 0.25) is 0 Å². The lowest BCUT2D eigenvalue weighted by molar-refractivity contribution is 0.141. The van der Waals surface area contributed by atoms with E-state index in [1.807, 2.05) is 0 Å². The summed E-state index contributed by atoms with van der Waals surface area (Å²) in [6.07, 6.45) is 7.41. The van der Waals surface area contributed by atoms with Crippen LogP contribution in [-0.4, -0.2) is 82.9 Å². The molecule has 5 rings (SSSR count). The molecule has 1 aromatic carbocycles. The topological polar surface area (TPSA) is 115 Å². The zero-order valence-corrected chi connectivity index (χ0v) is 21.5. The zero-order valence-electron chi connectivity index (χ0n) is 21.5. The average molecular weight is 506 g/mol. The van der Waals surface area contributed by atoms with Gasteiger partial charge in [0.2, 0.25) is 0 Å². The Labute approximate surface area is 216 Å². The van der Waals surface area contributed by atoms with Gasteiger partial charge in [0.15, 0.2) is 11.5 Å². The number of aromatic amines is 1. The molecule has 37 heavy (non-hydrogen) atoms. The molecule has 1 aliphatic carbocycles. The number of allylic oxidation sites excluding steroid dienone is 4. The maximum absolute atomic E-state index is 12.7. The number of likely N-dealkylation sites (N-methyl/N-ethyl adjacent to an activating group) is 1. The van der Waals surface area contributed by atoms with Crippen LogP contribution >= 0.6 is 0 Å². The number of anilines is 1. The normalized spacial score (nSPS) is 18.9. The number of aromatic nitrogens is 4. The molecule has 0 amide bonds. The van der Waals surface area contributed by atoms with E-state index in [0.717, 1.165) is 39.1 Å². The molecule has 2 aromatic heterocycles. The summed E-state index contributed by atoms with van der Waals surface area (Å²) in [7, 11) is 3.77. The van der Waals surface area contributed by atoms with Gasteiger partial charge in [-0.1, -0.05) is 36.4 Å². The molecule has 1 aliphatic heterocycles. The van der Waals surface area contributed by atoms with Gasteiger partial charge < -0.3 is 25.1 Å². The Kier molecular flexibility index (Phi) is 7.68. The van der Waals surface area contributed by atoms with Crippen molar-refractivity contribution in [2.75, 3.05) is 59.3 Å². The fourth-order valence-corrected chi connectivity index (χ4v) is 4.84. The second kappa shape index (κ2) is 11.3. The number of nitrogen functional groups attached to an aromatic ring is 1. The third-order valence-electron chi connectivity index (χ3n) is 7.02. The SMILES string of the molecule is COCCOc1nc(N)c2[nH]c(=O)n(CC3C=CC(c4cccc(CN5CCN(C)CC5)c4)=CC3)c2n1. The Morgan fingerprint density at radius 2 is 2.00 bits per heavy atom. The van der Waals surface area contributed by atoms with E-state index in [1.165, 1.54) is 16.7 Å². The fraction of sp³-hybridized carbons (Fsp3) is 0.444. The minimum Gasteiger partial charge on any atom is -0.461 e. The first-order valence-corrected chi connectivity index (χ1v) is 12.8. The third kappa shape index (κ3) is 5.93. The number of hydrogen-bond acceptors (Lipinski definition) is 8. The summed E-state index contributed by atoms with van der Waals surface area (Å²) in [4.78, 5) is 29.0. The molecule has 10 heteroatoms. The molecule has 3 N–H and O–H groups in total. The van der Waals surface area contributed by atoms with E-state index in [1.54, 1.807) is 11.7 Å². The Morgan fingerprint density at radius 1 is 1.16 bits per heavy atom. The number of nitrogens with one attached hydrogen (secondary N) is 1. The molecule has 196 valence electrons. The third-order valence-corrected chi connectivity index (χ3v) is 7.02. The monoisotopic (exact) mass is 505 g/mol. The molecule has 1 atom stereocenters. The van der Waals surface area contributed by atoms with Crippen molar-refractivity contribution in [1.29, 1.82) is 0 Å². The summed E-state index contributed by atoms with van der Waals surface area (Å²) in [5.74, 6) is 0.342. The molecule has 3 aromatic rings. The number of piperazine rings is 1. The van der Waals surface area contributed by atoms with Crippen LogP contribution in [0.3, 0.4) is 0 Å². The van der Waals surface area contributed by atoms with Gasteiger partial charge in [0.25, 0.3) is 0 Å². The first kappa shape index (κ1) is 25.2. The summed E-state index contributed by atoms with van der Waals surface area (Å²) in [5, 5.41) is 0. The molecular formula is C27H35N7O3. The minimum atomic E-state index is -0.259. The standard InChI is InChI=1S/C27H35N7O3/c1-32-10-12-33(13-11-32)17-20-4-3-5-22(16-20)21-8-6-19(7-9-21)18-34-25-23(29-27(34)35)24(28)30-26(31-25)37-15-14-36-2/h3-6,8-9,16,19H,7,10-15,17-18H2,1-2H3,(H,29,35)(H2,28,30,31). The van der Waals surface area contributed by atoms with E-state index in [4.69, 9.17) is 15.2 Å². The van der Waals surface area contributed by atoms with Crippen molar-refractivity contribution in [2.24, 2.45) is 5.92 Å². The van der Waals surface area contributed by atoms with Crippen molar-refractivity contribution in [1.82, 2.24) is 29.3 Å². The molecule has 1 fully saturated rings. The van der Waals surface area contributed by atoms with Crippen molar-refractivity contribution >= 4 is 22.6 Å². The molecule has 2 aliphatic rings. The number of benzene rings is 1. The minimum absolute atomic E-state index is 0.132. The summed E-state index contributed by atoms with van der Waals surface area (Å²) in [6, 6.07) is 8.95. The number of nitrogens with zero attached hydrogens (tertiary/aromatic N) is 5. The second-order valence-electron chi connectivity index (χ2n) is 9.77. The number of ether oxygens (including phenoxy) is 2. The Hall–Kier alpha value is -3.47. The van der Waals surface area contributed by atoms with Gasteiger partial charge in [-0.25, -0.2) is 4.79 Å². The molecule has 0 bridgehead atoms. The van der Waals surface area contributed by atoms with Crippen LogP contribution in [0, 0.1) is 5.92 Å². The highest BCUT2D eigenvalue weighted by Crippen LogP contribution is 2.27. The predicted octanol–water partition coefficient (Wildman–Crippen LogP) is 2.13. The first-order valence-electron chi connectivity index (χ1n) is 12.8. The van der Waals surface area contributed by atoms with E-state index in [9.17, 15) is 4.79 Å². The lowest BCUT2D eigenvalue weighted by atomic mass is 9.92. The smallest absolute Gasteiger partial charge is 0.327 e. The van der Waals surface area contributed by atoms with Gasteiger partial charge in [0.1, 0.15) is 12.1 Å². The molecule has 0 radical (unpaired) electrons. The summed E-state index contributed by atoms with van der Waals surface area (Å²) >= 11 is 0. The fourth-order valence-electron chi connectivity index (χ4n) is 4.84. The maximum Gasteiger partial charge on any atom is 0.327 e. The van der Waals surface area contributed by atoms with Gasteiger partial charge in [-0.15, -0.1) is 0 Å². The van der Waals surface area contributed by atoms with Crippen LogP contribution in [0.4, 0.5) is 5.82 Å². The van der Waals surface area contributed by atoms with Crippen LogP contribution in [-0.2, 0) is 17.8 Å². The Balaban J connectivity index is 1.26. The van der Waals surface area contributed by atoms with Crippen molar-refractivity contribution < 1.29 is 9.47 Å². The van der Waals surface area contributed by atoms with Gasteiger partial charge in [-0.05, 0) is 42.2 Å². The lowest BCUT2D eigenvalue weighted by Gasteiger charge is -2.32. The second-order valence-corrected chi connectivity index (χ2v) is 9.77. The number of fused-ring (bicyclic) bond motifs is 1. The molecule has 0 spiro atoms. The number of H-pyrrole nitrogens is 1. The van der Waals surface area contributed by atoms with Gasteiger partial charge in [-0.3, -0.25) is 9.47 Å². The van der Waals surface area contributed by atoms with Gasteiger partial charge >= 0.3 is 11.7 Å².